The maximum absolute atomic E-state index is 12.0. The minimum absolute atomic E-state index is 0.0174. The van der Waals surface area contributed by atoms with E-state index in [4.69, 9.17) is 4.84 Å². The first kappa shape index (κ1) is 12.9. The summed E-state index contributed by atoms with van der Waals surface area (Å²) in [7, 11) is -3.71. The quantitative estimate of drug-likeness (QED) is 0.470. The average molecular weight is 272 g/mol. The molecule has 1 aromatic carbocycles. The van der Waals surface area contributed by atoms with E-state index in [0.717, 1.165) is 16.6 Å². The Morgan fingerprint density at radius 3 is 2.28 bits per heavy atom. The average Bonchev–Trinajstić information content (AvgIpc) is 3.09. The largest absolute Gasteiger partial charge is 0.269 e. The molecule has 0 aromatic heterocycles. The van der Waals surface area contributed by atoms with E-state index in [-0.39, 0.29) is 16.5 Å². The minimum Gasteiger partial charge on any atom is -0.259 e. The Balaban J connectivity index is 2.24. The van der Waals surface area contributed by atoms with Gasteiger partial charge in [-0.1, -0.05) is 13.8 Å². The molecule has 18 heavy (non-hydrogen) atoms. The predicted molar refractivity (Wildman–Crippen MR) is 61.8 cm³/mol. The summed E-state index contributed by atoms with van der Waals surface area (Å²) in [5.74, 6) is 0.0535. The van der Waals surface area contributed by atoms with Crippen molar-refractivity contribution in [2.45, 2.75) is 25.0 Å². The molecule has 1 heterocycles. The van der Waals surface area contributed by atoms with Crippen molar-refractivity contribution in [3.8, 4) is 0 Å². The molecule has 0 amide bonds. The van der Waals surface area contributed by atoms with Gasteiger partial charge in [0.1, 0.15) is 0 Å². The Hall–Kier alpha value is -1.51. The Bertz CT molecular complexity index is 566. The van der Waals surface area contributed by atoms with Gasteiger partial charge in [-0.05, 0) is 22.5 Å². The summed E-state index contributed by atoms with van der Waals surface area (Å²) in [6, 6.07) is 4.71. The summed E-state index contributed by atoms with van der Waals surface area (Å²) in [6.45, 7) is 3.69. The van der Waals surface area contributed by atoms with Crippen molar-refractivity contribution in [3.63, 3.8) is 0 Å². The van der Waals surface area contributed by atoms with Gasteiger partial charge >= 0.3 is 0 Å². The molecule has 0 radical (unpaired) electrons. The number of non-ortho nitro benzene ring substituents is 1. The molecule has 2 unspecified atom stereocenters. The Labute approximate surface area is 104 Å². The van der Waals surface area contributed by atoms with Crippen molar-refractivity contribution in [3.05, 3.63) is 34.4 Å². The molecule has 1 saturated heterocycles. The zero-order valence-electron chi connectivity index (χ0n) is 9.81. The Morgan fingerprint density at radius 1 is 1.33 bits per heavy atom. The van der Waals surface area contributed by atoms with Gasteiger partial charge in [-0.25, -0.2) is 8.42 Å². The molecule has 0 aliphatic carbocycles. The topological polar surface area (TPSA) is 92.8 Å². The molecule has 1 aromatic rings. The van der Waals surface area contributed by atoms with Gasteiger partial charge in [-0.3, -0.25) is 15.0 Å². The van der Waals surface area contributed by atoms with Crippen molar-refractivity contribution in [1.82, 2.24) is 4.47 Å². The summed E-state index contributed by atoms with van der Waals surface area (Å²) < 4.78 is 25.0. The first-order valence-corrected chi connectivity index (χ1v) is 6.73. The summed E-state index contributed by atoms with van der Waals surface area (Å²) in [5, 5.41) is 10.5. The van der Waals surface area contributed by atoms with Crippen molar-refractivity contribution in [2.75, 3.05) is 0 Å². The van der Waals surface area contributed by atoms with Crippen molar-refractivity contribution in [1.29, 1.82) is 0 Å². The van der Waals surface area contributed by atoms with E-state index < -0.39 is 21.2 Å². The minimum atomic E-state index is -3.71. The van der Waals surface area contributed by atoms with Crippen LogP contribution in [0.3, 0.4) is 0 Å². The van der Waals surface area contributed by atoms with E-state index in [1.807, 2.05) is 13.8 Å². The highest BCUT2D eigenvalue weighted by molar-refractivity contribution is 7.89. The van der Waals surface area contributed by atoms with Gasteiger partial charge in [0.25, 0.3) is 15.7 Å². The van der Waals surface area contributed by atoms with Gasteiger partial charge in [0, 0.05) is 12.1 Å². The number of benzene rings is 1. The maximum Gasteiger partial charge on any atom is 0.269 e. The molecule has 0 spiro atoms. The number of nitrogens with zero attached hydrogens (tertiary/aromatic N) is 2. The van der Waals surface area contributed by atoms with Crippen LogP contribution in [-0.2, 0) is 14.9 Å². The van der Waals surface area contributed by atoms with Gasteiger partial charge in [0.15, 0.2) is 6.23 Å². The highest BCUT2D eigenvalue weighted by Crippen LogP contribution is 2.34. The number of hydroxylamine groups is 1. The van der Waals surface area contributed by atoms with Crippen LogP contribution in [0.15, 0.2) is 29.2 Å². The third kappa shape index (κ3) is 2.22. The maximum atomic E-state index is 12.0. The lowest BCUT2D eigenvalue weighted by Crippen LogP contribution is -2.16. The standard InChI is InChI=1S/C10H12N2O5S/c1-7(2)10-12(17-10)18(15,16)9-5-3-8(4-6-9)11(13)14/h3-7,10H,1-2H3. The van der Waals surface area contributed by atoms with Crippen molar-refractivity contribution >= 4 is 15.7 Å². The van der Waals surface area contributed by atoms with Crippen LogP contribution in [0.5, 0.6) is 0 Å². The number of hydrogen-bond acceptors (Lipinski definition) is 5. The van der Waals surface area contributed by atoms with Crippen LogP contribution in [0.2, 0.25) is 0 Å². The molecular formula is C10H12N2O5S. The molecule has 2 atom stereocenters. The molecule has 1 aliphatic rings. The molecule has 1 aliphatic heterocycles. The van der Waals surface area contributed by atoms with Gasteiger partial charge < -0.3 is 0 Å². The van der Waals surface area contributed by atoms with E-state index in [1.54, 1.807) is 0 Å². The first-order valence-electron chi connectivity index (χ1n) is 5.29. The van der Waals surface area contributed by atoms with E-state index in [1.165, 1.54) is 12.1 Å². The fourth-order valence-corrected chi connectivity index (χ4v) is 2.89. The highest BCUT2D eigenvalue weighted by Gasteiger charge is 2.49. The molecule has 0 N–H and O–H groups in total. The van der Waals surface area contributed by atoms with Crippen LogP contribution >= 0.6 is 0 Å². The molecular weight excluding hydrogens is 260 g/mol. The van der Waals surface area contributed by atoms with Gasteiger partial charge in [-0.2, -0.15) is 0 Å². The lowest BCUT2D eigenvalue weighted by molar-refractivity contribution is -0.384. The van der Waals surface area contributed by atoms with Gasteiger partial charge in [0.2, 0.25) is 0 Å². The lowest BCUT2D eigenvalue weighted by Gasteiger charge is -2.03. The van der Waals surface area contributed by atoms with Gasteiger partial charge in [-0.15, -0.1) is 0 Å². The second kappa shape index (κ2) is 4.30. The van der Waals surface area contributed by atoms with Crippen molar-refractivity contribution < 1.29 is 18.2 Å². The smallest absolute Gasteiger partial charge is 0.259 e. The summed E-state index contributed by atoms with van der Waals surface area (Å²) in [6.07, 6.45) is -0.454. The molecule has 98 valence electrons. The monoisotopic (exact) mass is 272 g/mol. The zero-order chi connectivity index (χ0) is 13.5. The highest BCUT2D eigenvalue weighted by atomic mass is 32.2. The predicted octanol–water partition coefficient (Wildman–Crippen LogP) is 1.51. The summed E-state index contributed by atoms with van der Waals surface area (Å²) >= 11 is 0. The molecule has 1 fully saturated rings. The van der Waals surface area contributed by atoms with E-state index in [2.05, 4.69) is 0 Å². The van der Waals surface area contributed by atoms with Crippen LogP contribution in [0.25, 0.3) is 0 Å². The van der Waals surface area contributed by atoms with E-state index in [0.29, 0.717) is 0 Å². The fourth-order valence-electron chi connectivity index (χ4n) is 1.48. The van der Waals surface area contributed by atoms with E-state index in [9.17, 15) is 18.5 Å². The third-order valence-corrected chi connectivity index (χ3v) is 4.16. The van der Waals surface area contributed by atoms with E-state index >= 15 is 0 Å². The SMILES string of the molecule is CC(C)C1ON1S(=O)(=O)c1ccc([N+](=O)[O-])cc1. The van der Waals surface area contributed by atoms with Crippen LogP contribution in [0, 0.1) is 16.0 Å². The summed E-state index contributed by atoms with van der Waals surface area (Å²) in [5.41, 5.74) is -0.152. The Kier molecular flexibility index (Phi) is 3.09. The first-order chi connectivity index (χ1) is 8.34. The normalized spacial score (nSPS) is 23.1. The molecule has 7 nitrogen and oxygen atoms in total. The number of nitro benzene ring substituents is 1. The number of hydrogen-bond donors (Lipinski definition) is 0. The Morgan fingerprint density at radius 2 is 1.89 bits per heavy atom. The number of rotatable bonds is 4. The van der Waals surface area contributed by atoms with Crippen LogP contribution in [0.1, 0.15) is 13.8 Å². The van der Waals surface area contributed by atoms with Crippen molar-refractivity contribution in [2.24, 2.45) is 5.92 Å². The van der Waals surface area contributed by atoms with Crippen LogP contribution in [-0.4, -0.2) is 24.0 Å². The fraction of sp³-hybridized carbons (Fsp3) is 0.400. The molecule has 0 saturated carbocycles. The second-order valence-corrected chi connectivity index (χ2v) is 6.03. The van der Waals surface area contributed by atoms with Crippen LogP contribution in [0.4, 0.5) is 5.69 Å². The second-order valence-electron chi connectivity index (χ2n) is 4.25. The third-order valence-electron chi connectivity index (χ3n) is 2.53. The number of sulfonamides is 1. The number of nitro groups is 1. The zero-order valence-corrected chi connectivity index (χ0v) is 10.6. The molecule has 2 rings (SSSR count). The lowest BCUT2D eigenvalue weighted by atomic mass is 10.2. The molecule has 0 bridgehead atoms. The van der Waals surface area contributed by atoms with Gasteiger partial charge in [0.05, 0.1) is 9.82 Å². The summed E-state index contributed by atoms with van der Waals surface area (Å²) in [4.78, 5) is 14.9. The molecule has 8 heteroatoms. The van der Waals surface area contributed by atoms with Crippen LogP contribution < -0.4 is 0 Å².